The molecule has 2 heterocycles. The summed E-state index contributed by atoms with van der Waals surface area (Å²) in [5.74, 6) is 6.62. The van der Waals surface area contributed by atoms with Crippen molar-refractivity contribution in [2.24, 2.45) is 0 Å². The van der Waals surface area contributed by atoms with Gasteiger partial charge in [-0.05, 0) is 25.0 Å². The lowest BCUT2D eigenvalue weighted by Crippen LogP contribution is -2.24. The topological polar surface area (TPSA) is 38.1 Å². The summed E-state index contributed by atoms with van der Waals surface area (Å²) in [5.41, 5.74) is 0. The third kappa shape index (κ3) is 2.12. The van der Waals surface area contributed by atoms with E-state index in [1.807, 2.05) is 6.20 Å². The van der Waals surface area contributed by atoms with Gasteiger partial charge in [0.1, 0.15) is 0 Å². The van der Waals surface area contributed by atoms with Gasteiger partial charge in [-0.1, -0.05) is 17.2 Å². The molecule has 1 unspecified atom stereocenters. The lowest BCUT2D eigenvalue weighted by Gasteiger charge is -2.13. The van der Waals surface area contributed by atoms with Gasteiger partial charge in [-0.25, -0.2) is 0 Å². The highest BCUT2D eigenvalue weighted by molar-refractivity contribution is 5.25. The van der Waals surface area contributed by atoms with E-state index in [0.717, 1.165) is 12.8 Å². The molecule has 3 heteroatoms. The Morgan fingerprint density at radius 2 is 2.62 bits per heavy atom. The molecule has 0 radical (unpaired) electrons. The normalized spacial score (nSPS) is 20.2. The van der Waals surface area contributed by atoms with Gasteiger partial charge < -0.3 is 9.84 Å². The quantitative estimate of drug-likeness (QED) is 0.602. The molecule has 1 aromatic heterocycles. The summed E-state index contributed by atoms with van der Waals surface area (Å²) < 4.78 is 4.86. The maximum atomic E-state index is 4.86. The van der Waals surface area contributed by atoms with Gasteiger partial charge in [-0.2, -0.15) is 0 Å². The monoisotopic (exact) mass is 174 g/mol. The van der Waals surface area contributed by atoms with Crippen LogP contribution in [-0.2, 0) is 0 Å². The first kappa shape index (κ1) is 7.93. The first-order chi connectivity index (χ1) is 6.45. The second-order valence-electron chi connectivity index (χ2n) is 2.84. The molecule has 13 heavy (non-hydrogen) atoms. The maximum Gasteiger partial charge on any atom is 0.209 e. The number of allylic oxidation sites excluding steroid dienone is 1. The largest absolute Gasteiger partial charge is 0.378 e. The fourth-order valence-corrected chi connectivity index (χ4v) is 1.17. The SMILES string of the molecule is C(#CC1CCC=CN1)c1ccno1. The van der Waals surface area contributed by atoms with Crippen molar-refractivity contribution in [3.63, 3.8) is 0 Å². The van der Waals surface area contributed by atoms with Crippen LogP contribution >= 0.6 is 0 Å². The number of hydrogen-bond acceptors (Lipinski definition) is 3. The molecule has 0 amide bonds. The fraction of sp³-hybridized carbons (Fsp3) is 0.300. The molecule has 0 bridgehead atoms. The summed E-state index contributed by atoms with van der Waals surface area (Å²) in [6.45, 7) is 0. The second-order valence-corrected chi connectivity index (χ2v) is 2.84. The Kier molecular flexibility index (Phi) is 2.33. The molecule has 0 spiro atoms. The van der Waals surface area contributed by atoms with Crippen LogP contribution < -0.4 is 5.32 Å². The Balaban J connectivity index is 2.00. The van der Waals surface area contributed by atoms with Crippen LogP contribution in [0.2, 0.25) is 0 Å². The third-order valence-electron chi connectivity index (χ3n) is 1.84. The van der Waals surface area contributed by atoms with Gasteiger partial charge in [0.25, 0.3) is 0 Å². The van der Waals surface area contributed by atoms with Gasteiger partial charge in [0.05, 0.1) is 12.2 Å². The lowest BCUT2D eigenvalue weighted by molar-refractivity contribution is 0.411. The minimum Gasteiger partial charge on any atom is -0.378 e. The van der Waals surface area contributed by atoms with Crippen molar-refractivity contribution >= 4 is 0 Å². The van der Waals surface area contributed by atoms with Gasteiger partial charge >= 0.3 is 0 Å². The Morgan fingerprint density at radius 3 is 3.31 bits per heavy atom. The van der Waals surface area contributed by atoms with Gasteiger partial charge in [0, 0.05) is 6.07 Å². The van der Waals surface area contributed by atoms with Crippen LogP contribution in [0.3, 0.4) is 0 Å². The highest BCUT2D eigenvalue weighted by Crippen LogP contribution is 2.03. The molecule has 0 fully saturated rings. The van der Waals surface area contributed by atoms with Crippen molar-refractivity contribution in [2.45, 2.75) is 18.9 Å². The molecule has 0 aliphatic carbocycles. The number of nitrogens with zero attached hydrogens (tertiary/aromatic N) is 1. The van der Waals surface area contributed by atoms with Crippen molar-refractivity contribution in [3.05, 3.63) is 30.3 Å². The fourth-order valence-electron chi connectivity index (χ4n) is 1.17. The van der Waals surface area contributed by atoms with Crippen molar-refractivity contribution in [1.82, 2.24) is 10.5 Å². The highest BCUT2D eigenvalue weighted by Gasteiger charge is 2.03. The van der Waals surface area contributed by atoms with Gasteiger partial charge in [0.2, 0.25) is 5.76 Å². The Bertz CT molecular complexity index is 343. The van der Waals surface area contributed by atoms with Crippen LogP contribution in [0.25, 0.3) is 0 Å². The first-order valence-electron chi connectivity index (χ1n) is 4.28. The molecule has 1 N–H and O–H groups in total. The van der Waals surface area contributed by atoms with E-state index in [4.69, 9.17) is 4.52 Å². The zero-order chi connectivity index (χ0) is 8.93. The van der Waals surface area contributed by atoms with Crippen LogP contribution in [0.15, 0.2) is 29.1 Å². The summed E-state index contributed by atoms with van der Waals surface area (Å²) in [5, 5.41) is 6.74. The van der Waals surface area contributed by atoms with Gasteiger partial charge in [-0.15, -0.1) is 0 Å². The number of nitrogens with one attached hydrogen (secondary N) is 1. The average molecular weight is 174 g/mol. The number of rotatable bonds is 0. The molecule has 3 nitrogen and oxygen atoms in total. The minimum atomic E-state index is 0.245. The lowest BCUT2D eigenvalue weighted by atomic mass is 10.1. The minimum absolute atomic E-state index is 0.245. The molecule has 1 atom stereocenters. The van der Waals surface area contributed by atoms with Crippen molar-refractivity contribution in [1.29, 1.82) is 0 Å². The molecule has 0 aromatic carbocycles. The van der Waals surface area contributed by atoms with E-state index in [9.17, 15) is 0 Å². The Hall–Kier alpha value is -1.69. The van der Waals surface area contributed by atoms with Crippen LogP contribution in [0.4, 0.5) is 0 Å². The van der Waals surface area contributed by atoms with E-state index in [2.05, 4.69) is 28.4 Å². The first-order valence-corrected chi connectivity index (χ1v) is 4.28. The third-order valence-corrected chi connectivity index (χ3v) is 1.84. The molecule has 0 saturated carbocycles. The molecule has 2 rings (SSSR count). The zero-order valence-corrected chi connectivity index (χ0v) is 7.16. The van der Waals surface area contributed by atoms with Crippen LogP contribution in [-0.4, -0.2) is 11.2 Å². The maximum absolute atomic E-state index is 4.86. The summed E-state index contributed by atoms with van der Waals surface area (Å²) >= 11 is 0. The van der Waals surface area contributed by atoms with Crippen molar-refractivity contribution < 1.29 is 4.52 Å². The summed E-state index contributed by atoms with van der Waals surface area (Å²) in [6, 6.07) is 2.00. The molecule has 0 saturated heterocycles. The predicted molar refractivity (Wildman–Crippen MR) is 48.7 cm³/mol. The molecule has 1 aromatic rings. The standard InChI is InChI=1S/C10H10N2O/c1-2-7-11-9(3-1)4-5-10-6-8-12-13-10/h2,6-9,11H,1,3H2. The summed E-state index contributed by atoms with van der Waals surface area (Å²) in [7, 11) is 0. The average Bonchev–Trinajstić information content (AvgIpc) is 2.69. The molecule has 1 aliphatic rings. The van der Waals surface area contributed by atoms with Crippen LogP contribution in [0, 0.1) is 11.8 Å². The van der Waals surface area contributed by atoms with Gasteiger partial charge in [-0.3, -0.25) is 0 Å². The molecular weight excluding hydrogens is 164 g/mol. The predicted octanol–water partition coefficient (Wildman–Crippen LogP) is 1.29. The summed E-state index contributed by atoms with van der Waals surface area (Å²) in [4.78, 5) is 0. The zero-order valence-electron chi connectivity index (χ0n) is 7.16. The van der Waals surface area contributed by atoms with Gasteiger partial charge in [0.15, 0.2) is 0 Å². The van der Waals surface area contributed by atoms with Crippen LogP contribution in [0.1, 0.15) is 18.6 Å². The Morgan fingerprint density at radius 1 is 1.62 bits per heavy atom. The van der Waals surface area contributed by atoms with Crippen molar-refractivity contribution in [3.8, 4) is 11.8 Å². The number of hydrogen-bond donors (Lipinski definition) is 1. The molecule has 66 valence electrons. The van der Waals surface area contributed by atoms with Crippen molar-refractivity contribution in [2.75, 3.05) is 0 Å². The second kappa shape index (κ2) is 3.81. The smallest absolute Gasteiger partial charge is 0.209 e. The summed E-state index contributed by atoms with van der Waals surface area (Å²) in [6.07, 6.45) is 7.79. The van der Waals surface area contributed by atoms with E-state index in [-0.39, 0.29) is 6.04 Å². The molecular formula is C10H10N2O. The van der Waals surface area contributed by atoms with E-state index >= 15 is 0 Å². The number of aromatic nitrogens is 1. The van der Waals surface area contributed by atoms with E-state index < -0.39 is 0 Å². The van der Waals surface area contributed by atoms with E-state index in [1.165, 1.54) is 0 Å². The van der Waals surface area contributed by atoms with Crippen LogP contribution in [0.5, 0.6) is 0 Å². The van der Waals surface area contributed by atoms with E-state index in [0.29, 0.717) is 5.76 Å². The Labute approximate surface area is 76.8 Å². The highest BCUT2D eigenvalue weighted by atomic mass is 16.5. The molecule has 1 aliphatic heterocycles. The van der Waals surface area contributed by atoms with E-state index in [1.54, 1.807) is 12.3 Å².